The molecule has 37 heavy (non-hydrogen) atoms. The van der Waals surface area contributed by atoms with E-state index in [4.69, 9.17) is 14.2 Å². The van der Waals surface area contributed by atoms with Crippen LogP contribution in [0.25, 0.3) is 0 Å². The van der Waals surface area contributed by atoms with Crippen molar-refractivity contribution in [1.82, 2.24) is 9.88 Å². The molecule has 2 heterocycles. The molecule has 5 atom stereocenters. The molecule has 1 fully saturated rings. The minimum absolute atomic E-state index is 0. The summed E-state index contributed by atoms with van der Waals surface area (Å²) in [5, 5.41) is 34.1. The van der Waals surface area contributed by atoms with Crippen molar-refractivity contribution in [1.29, 1.82) is 5.26 Å². The van der Waals surface area contributed by atoms with E-state index in [-0.39, 0.29) is 24.8 Å². The molecule has 1 saturated carbocycles. The van der Waals surface area contributed by atoms with E-state index in [1.165, 1.54) is 14.2 Å². The second-order valence-electron chi connectivity index (χ2n) is 9.60. The van der Waals surface area contributed by atoms with Gasteiger partial charge in [0.1, 0.15) is 5.75 Å². The van der Waals surface area contributed by atoms with Crippen LogP contribution in [0.15, 0.2) is 60.7 Å². The third-order valence-corrected chi connectivity index (χ3v) is 7.42. The summed E-state index contributed by atoms with van der Waals surface area (Å²) < 4.78 is 17.8. The third-order valence-electron chi connectivity index (χ3n) is 7.42. The Bertz CT molecular complexity index is 1310. The number of rotatable bonds is 6. The highest BCUT2D eigenvalue weighted by atomic mass is 16.5. The van der Waals surface area contributed by atoms with Crippen LogP contribution in [0.4, 0.5) is 0 Å². The Morgan fingerprint density at radius 3 is 2.32 bits per heavy atom. The number of nitrogens with zero attached hydrogens (tertiary/aromatic N) is 3. The minimum atomic E-state index is -1.91. The molecule has 0 unspecified atom stereocenters. The SMILES string of the molecule is C.COc1cc2c(c(OC)n1)[C@]1(O)[C@H](O)[C@H](CN(C)C)[C@@H](c3ccccc3)[C@]1(c1ccc(C#N)cc1)O2. The second kappa shape index (κ2) is 9.67. The highest BCUT2D eigenvalue weighted by Gasteiger charge is 2.77. The highest BCUT2D eigenvalue weighted by Crippen LogP contribution is 2.69. The standard InChI is InChI=1S/C28H29N3O5.CH4/c1-31(2)16-20-23(18-8-6-5-7-9-18)28(19-12-10-17(15-29)11-13-19)27(33,25(20)32)24-21(36-28)14-22(34-3)30-26(24)35-4;/h5-14,20,23,25,32-33H,16H2,1-4H3;1H4/t20-,23-,25-,27+,28+;/m1./s1. The molecule has 0 spiro atoms. The molecule has 1 aromatic heterocycles. The van der Waals surface area contributed by atoms with Crippen LogP contribution >= 0.6 is 0 Å². The zero-order valence-corrected chi connectivity index (χ0v) is 20.7. The Balaban J connectivity index is 0.00000320. The number of hydrogen-bond donors (Lipinski definition) is 2. The number of benzene rings is 2. The van der Waals surface area contributed by atoms with E-state index in [0.29, 0.717) is 23.4 Å². The summed E-state index contributed by atoms with van der Waals surface area (Å²) >= 11 is 0. The summed E-state index contributed by atoms with van der Waals surface area (Å²) in [5.41, 5.74) is -1.04. The number of aliphatic hydroxyl groups is 2. The highest BCUT2D eigenvalue weighted by molar-refractivity contribution is 5.60. The zero-order chi connectivity index (χ0) is 25.7. The predicted octanol–water partition coefficient (Wildman–Crippen LogP) is 3.42. The molecule has 0 radical (unpaired) electrons. The lowest BCUT2D eigenvalue weighted by molar-refractivity contribution is -0.152. The smallest absolute Gasteiger partial charge is 0.226 e. The van der Waals surface area contributed by atoms with Gasteiger partial charge in [0.2, 0.25) is 11.8 Å². The minimum Gasteiger partial charge on any atom is -0.481 e. The van der Waals surface area contributed by atoms with Crippen molar-refractivity contribution in [3.05, 3.63) is 82.9 Å². The number of aliphatic hydroxyl groups excluding tert-OH is 1. The van der Waals surface area contributed by atoms with Gasteiger partial charge in [0.05, 0.1) is 37.5 Å². The third kappa shape index (κ3) is 3.65. The van der Waals surface area contributed by atoms with Crippen molar-refractivity contribution in [3.8, 4) is 23.6 Å². The predicted molar refractivity (Wildman–Crippen MR) is 139 cm³/mol. The van der Waals surface area contributed by atoms with E-state index < -0.39 is 29.1 Å². The first kappa shape index (κ1) is 26.4. The van der Waals surface area contributed by atoms with Gasteiger partial charge in [0.25, 0.3) is 0 Å². The van der Waals surface area contributed by atoms with Crippen molar-refractivity contribution in [3.63, 3.8) is 0 Å². The molecule has 2 N–H and O–H groups in total. The molecule has 2 aromatic carbocycles. The van der Waals surface area contributed by atoms with Crippen molar-refractivity contribution < 1.29 is 24.4 Å². The van der Waals surface area contributed by atoms with Gasteiger partial charge in [-0.2, -0.15) is 10.2 Å². The van der Waals surface area contributed by atoms with Crippen LogP contribution in [-0.4, -0.2) is 61.1 Å². The van der Waals surface area contributed by atoms with Crippen molar-refractivity contribution >= 4 is 0 Å². The van der Waals surface area contributed by atoms with Gasteiger partial charge >= 0.3 is 0 Å². The summed E-state index contributed by atoms with van der Waals surface area (Å²) in [6.45, 7) is 0.492. The fraction of sp³-hybridized carbons (Fsp3) is 0.379. The topological polar surface area (TPSA) is 108 Å². The molecule has 2 aliphatic rings. The van der Waals surface area contributed by atoms with E-state index >= 15 is 0 Å². The molecule has 5 rings (SSSR count). The summed E-state index contributed by atoms with van der Waals surface area (Å²) in [4.78, 5) is 6.40. The van der Waals surface area contributed by atoms with Crippen LogP contribution in [0.5, 0.6) is 17.5 Å². The maximum Gasteiger partial charge on any atom is 0.226 e. The number of ether oxygens (including phenoxy) is 3. The number of aromatic nitrogens is 1. The average molecular weight is 504 g/mol. The number of pyridine rings is 1. The summed E-state index contributed by atoms with van der Waals surface area (Å²) in [7, 11) is 6.82. The lowest BCUT2D eigenvalue weighted by Gasteiger charge is -2.41. The molecule has 3 aromatic rings. The van der Waals surface area contributed by atoms with Crippen molar-refractivity contribution in [2.75, 3.05) is 34.9 Å². The molecular formula is C29H33N3O5. The van der Waals surface area contributed by atoms with Crippen LogP contribution in [0, 0.1) is 17.2 Å². The molecule has 0 bridgehead atoms. The van der Waals surface area contributed by atoms with E-state index in [2.05, 4.69) is 11.1 Å². The van der Waals surface area contributed by atoms with E-state index in [1.807, 2.05) is 49.3 Å². The Kier molecular flexibility index (Phi) is 6.91. The first-order valence-corrected chi connectivity index (χ1v) is 11.7. The average Bonchev–Trinajstić information content (AvgIpc) is 3.26. The van der Waals surface area contributed by atoms with E-state index in [1.54, 1.807) is 30.3 Å². The van der Waals surface area contributed by atoms with E-state index in [9.17, 15) is 15.5 Å². The van der Waals surface area contributed by atoms with Crippen LogP contribution in [-0.2, 0) is 11.2 Å². The van der Waals surface area contributed by atoms with Gasteiger partial charge in [-0.25, -0.2) is 0 Å². The van der Waals surface area contributed by atoms with Crippen LogP contribution < -0.4 is 14.2 Å². The quantitative estimate of drug-likeness (QED) is 0.527. The Morgan fingerprint density at radius 1 is 1.08 bits per heavy atom. The molecule has 1 aliphatic heterocycles. The van der Waals surface area contributed by atoms with Crippen LogP contribution in [0.2, 0.25) is 0 Å². The molecule has 0 saturated heterocycles. The molecule has 8 heteroatoms. The van der Waals surface area contributed by atoms with Gasteiger partial charge in [-0.05, 0) is 37.4 Å². The lowest BCUT2D eigenvalue weighted by atomic mass is 9.70. The van der Waals surface area contributed by atoms with Crippen LogP contribution in [0.3, 0.4) is 0 Å². The largest absolute Gasteiger partial charge is 0.481 e. The van der Waals surface area contributed by atoms with Gasteiger partial charge in [-0.1, -0.05) is 49.9 Å². The Morgan fingerprint density at radius 2 is 1.76 bits per heavy atom. The summed E-state index contributed by atoms with van der Waals surface area (Å²) in [6.07, 6.45) is -1.23. The first-order valence-electron chi connectivity index (χ1n) is 11.7. The Hall–Kier alpha value is -3.64. The molecular weight excluding hydrogens is 470 g/mol. The normalized spacial score (nSPS) is 27.5. The number of hydrogen-bond acceptors (Lipinski definition) is 8. The van der Waals surface area contributed by atoms with Gasteiger partial charge in [0, 0.05) is 24.4 Å². The lowest BCUT2D eigenvalue weighted by Crippen LogP contribution is -2.52. The van der Waals surface area contributed by atoms with Crippen LogP contribution in [0.1, 0.15) is 35.6 Å². The summed E-state index contributed by atoms with van der Waals surface area (Å²) in [6, 6.07) is 20.5. The zero-order valence-electron chi connectivity index (χ0n) is 20.7. The first-order chi connectivity index (χ1) is 17.3. The van der Waals surface area contributed by atoms with Gasteiger partial charge in [0.15, 0.2) is 11.2 Å². The number of methoxy groups -OCH3 is 2. The fourth-order valence-electron chi connectivity index (χ4n) is 6.08. The van der Waals surface area contributed by atoms with Gasteiger partial charge in [-0.3, -0.25) is 0 Å². The van der Waals surface area contributed by atoms with Gasteiger partial charge in [-0.15, -0.1) is 0 Å². The fourth-order valence-corrected chi connectivity index (χ4v) is 6.08. The van der Waals surface area contributed by atoms with Crippen molar-refractivity contribution in [2.45, 2.75) is 30.7 Å². The number of fused-ring (bicyclic) bond motifs is 3. The molecule has 194 valence electrons. The van der Waals surface area contributed by atoms with E-state index in [0.717, 1.165) is 5.56 Å². The maximum atomic E-state index is 12.8. The van der Waals surface area contributed by atoms with Crippen molar-refractivity contribution in [2.24, 2.45) is 5.92 Å². The molecule has 0 amide bonds. The summed E-state index contributed by atoms with van der Waals surface area (Å²) in [5.74, 6) is -0.160. The molecule has 8 nitrogen and oxygen atoms in total. The Labute approximate surface area is 217 Å². The molecule has 1 aliphatic carbocycles. The second-order valence-corrected chi connectivity index (χ2v) is 9.60. The van der Waals surface area contributed by atoms with Gasteiger partial charge < -0.3 is 29.3 Å². The maximum absolute atomic E-state index is 12.8. The number of nitriles is 1. The monoisotopic (exact) mass is 503 g/mol.